The summed E-state index contributed by atoms with van der Waals surface area (Å²) in [5, 5.41) is 0. The van der Waals surface area contributed by atoms with Crippen LogP contribution < -0.4 is 0 Å². The fourth-order valence-corrected chi connectivity index (χ4v) is 5.88. The summed E-state index contributed by atoms with van der Waals surface area (Å²) in [5.41, 5.74) is 2.71. The number of fused-ring (bicyclic) bond motifs is 1. The maximum absolute atomic E-state index is 13.3. The first kappa shape index (κ1) is 22.5. The van der Waals surface area contributed by atoms with Gasteiger partial charge in [0.1, 0.15) is 0 Å². The zero-order chi connectivity index (χ0) is 21.7. The summed E-state index contributed by atoms with van der Waals surface area (Å²) in [6.07, 6.45) is 10.7. The molecule has 0 N–H and O–H groups in total. The van der Waals surface area contributed by atoms with Crippen molar-refractivity contribution in [1.29, 1.82) is 0 Å². The van der Waals surface area contributed by atoms with Gasteiger partial charge < -0.3 is 4.74 Å². The highest BCUT2D eigenvalue weighted by atomic mass is 32.2. The molecule has 6 heteroatoms. The molecular weight excluding hydrogens is 398 g/mol. The molecule has 0 amide bonds. The highest BCUT2D eigenvalue weighted by Crippen LogP contribution is 2.34. The summed E-state index contributed by atoms with van der Waals surface area (Å²) in [7, 11) is -3.58. The Labute approximate surface area is 180 Å². The molecule has 0 bridgehead atoms. The van der Waals surface area contributed by atoms with Crippen LogP contribution in [0.25, 0.3) is 0 Å². The Morgan fingerprint density at radius 2 is 2.03 bits per heavy atom. The summed E-state index contributed by atoms with van der Waals surface area (Å²) in [6, 6.07) is 7.09. The number of hydrogen-bond acceptors (Lipinski definition) is 4. The third kappa shape index (κ3) is 4.93. The number of carbonyl (C=O) groups is 1. The number of aryl methyl sites for hydroxylation is 1. The standard InChI is InChI=1S/C24H31NO4S/c1-4-19-11-7-8-12-20-16-25(30(27,28)23-13-9-6-10-18(23)3)17-22(20)14-21(19)15-24(26)29-5-2/h6,8-10,12-15,19-20H,4-5,7,11,16-17H2,1-3H3/b12-8-,21-15-,22-14-. The van der Waals surface area contributed by atoms with E-state index < -0.39 is 10.0 Å². The van der Waals surface area contributed by atoms with Gasteiger partial charge in [0.15, 0.2) is 0 Å². The van der Waals surface area contributed by atoms with Crippen LogP contribution in [0.2, 0.25) is 0 Å². The first-order valence-electron chi connectivity index (χ1n) is 10.7. The molecule has 1 fully saturated rings. The van der Waals surface area contributed by atoms with Gasteiger partial charge in [0.2, 0.25) is 10.0 Å². The molecule has 2 unspecified atom stereocenters. The number of nitrogens with zero attached hydrogens (tertiary/aromatic N) is 1. The quantitative estimate of drug-likeness (QED) is 0.395. The van der Waals surface area contributed by atoms with Crippen molar-refractivity contribution < 1.29 is 17.9 Å². The third-order valence-electron chi connectivity index (χ3n) is 5.88. The van der Waals surface area contributed by atoms with Crippen LogP contribution in [0.1, 0.15) is 38.7 Å². The van der Waals surface area contributed by atoms with E-state index in [0.717, 1.165) is 36.0 Å². The molecule has 1 aliphatic carbocycles. The fourth-order valence-electron chi connectivity index (χ4n) is 4.20. The summed E-state index contributed by atoms with van der Waals surface area (Å²) in [4.78, 5) is 12.5. The molecule has 3 rings (SSSR count). The molecule has 1 aromatic carbocycles. The lowest BCUT2D eigenvalue weighted by Crippen LogP contribution is -2.29. The lowest BCUT2D eigenvalue weighted by atomic mass is 9.89. The van der Waals surface area contributed by atoms with Crippen molar-refractivity contribution in [3.63, 3.8) is 0 Å². The van der Waals surface area contributed by atoms with E-state index in [2.05, 4.69) is 19.1 Å². The van der Waals surface area contributed by atoms with Gasteiger partial charge >= 0.3 is 5.97 Å². The summed E-state index contributed by atoms with van der Waals surface area (Å²) in [5.74, 6) is -0.0775. The molecule has 1 aliphatic heterocycles. The van der Waals surface area contributed by atoms with E-state index in [4.69, 9.17) is 4.74 Å². The van der Waals surface area contributed by atoms with Crippen LogP contribution in [0, 0.1) is 18.8 Å². The van der Waals surface area contributed by atoms with Gasteiger partial charge in [-0.05, 0) is 61.8 Å². The predicted molar refractivity (Wildman–Crippen MR) is 118 cm³/mol. The van der Waals surface area contributed by atoms with Crippen molar-refractivity contribution in [2.75, 3.05) is 19.7 Å². The average Bonchev–Trinajstić information content (AvgIpc) is 3.13. The number of carbonyl (C=O) groups excluding carboxylic acids is 1. The Kier molecular flexibility index (Phi) is 7.32. The minimum Gasteiger partial charge on any atom is -0.463 e. The van der Waals surface area contributed by atoms with Crippen LogP contribution in [0.3, 0.4) is 0 Å². The molecule has 0 aromatic heterocycles. The molecular formula is C24H31NO4S. The minimum absolute atomic E-state index is 0.0185. The van der Waals surface area contributed by atoms with E-state index in [1.54, 1.807) is 29.4 Å². The van der Waals surface area contributed by atoms with Crippen molar-refractivity contribution in [2.24, 2.45) is 11.8 Å². The summed E-state index contributed by atoms with van der Waals surface area (Å²) >= 11 is 0. The second kappa shape index (κ2) is 9.75. The number of allylic oxidation sites excluding steroid dienone is 3. The number of sulfonamides is 1. The average molecular weight is 430 g/mol. The molecule has 1 heterocycles. The van der Waals surface area contributed by atoms with Gasteiger partial charge in [0.05, 0.1) is 11.5 Å². The number of esters is 1. The summed E-state index contributed by atoms with van der Waals surface area (Å²) < 4.78 is 33.3. The highest BCUT2D eigenvalue weighted by Gasteiger charge is 2.35. The molecule has 162 valence electrons. The number of hydrogen-bond donors (Lipinski definition) is 0. The first-order chi connectivity index (χ1) is 14.4. The van der Waals surface area contributed by atoms with Crippen molar-refractivity contribution in [2.45, 2.75) is 44.9 Å². The molecule has 0 radical (unpaired) electrons. The van der Waals surface area contributed by atoms with Gasteiger partial charge in [-0.3, -0.25) is 0 Å². The molecule has 2 atom stereocenters. The zero-order valence-corrected chi connectivity index (χ0v) is 18.8. The van der Waals surface area contributed by atoms with Crippen LogP contribution in [0.15, 0.2) is 64.6 Å². The third-order valence-corrected chi connectivity index (χ3v) is 7.86. The maximum atomic E-state index is 13.3. The Bertz CT molecular complexity index is 975. The first-order valence-corrected chi connectivity index (χ1v) is 12.1. The molecule has 5 nitrogen and oxygen atoms in total. The van der Waals surface area contributed by atoms with E-state index in [-0.39, 0.29) is 17.8 Å². The van der Waals surface area contributed by atoms with Crippen molar-refractivity contribution in [3.05, 3.63) is 65.3 Å². The Morgan fingerprint density at radius 1 is 1.27 bits per heavy atom. The summed E-state index contributed by atoms with van der Waals surface area (Å²) in [6.45, 7) is 6.82. The second-order valence-electron chi connectivity index (χ2n) is 7.90. The molecule has 1 saturated heterocycles. The van der Waals surface area contributed by atoms with Crippen LogP contribution in [-0.2, 0) is 19.6 Å². The van der Waals surface area contributed by atoms with E-state index in [1.807, 2.05) is 25.1 Å². The number of rotatable bonds is 5. The van der Waals surface area contributed by atoms with Crippen LogP contribution in [0.4, 0.5) is 0 Å². The topological polar surface area (TPSA) is 63.7 Å². The van der Waals surface area contributed by atoms with E-state index in [1.165, 1.54) is 0 Å². The molecule has 2 aliphatic rings. The fraction of sp³-hybridized carbons (Fsp3) is 0.458. The van der Waals surface area contributed by atoms with Crippen molar-refractivity contribution >= 4 is 16.0 Å². The van der Waals surface area contributed by atoms with Crippen molar-refractivity contribution in [3.8, 4) is 0 Å². The molecule has 1 aromatic rings. The van der Waals surface area contributed by atoms with Gasteiger partial charge in [-0.25, -0.2) is 13.2 Å². The normalized spacial score (nSPS) is 26.8. The van der Waals surface area contributed by atoms with Gasteiger partial charge in [0, 0.05) is 25.1 Å². The smallest absolute Gasteiger partial charge is 0.331 e. The highest BCUT2D eigenvalue weighted by molar-refractivity contribution is 7.89. The maximum Gasteiger partial charge on any atom is 0.331 e. The molecule has 0 spiro atoms. The van der Waals surface area contributed by atoms with Gasteiger partial charge in [-0.1, -0.05) is 43.4 Å². The largest absolute Gasteiger partial charge is 0.463 e. The Hall–Kier alpha value is -2.18. The van der Waals surface area contributed by atoms with E-state index in [9.17, 15) is 13.2 Å². The minimum atomic E-state index is -3.58. The van der Waals surface area contributed by atoms with Crippen molar-refractivity contribution in [1.82, 2.24) is 4.31 Å². The number of benzene rings is 1. The zero-order valence-electron chi connectivity index (χ0n) is 18.0. The Morgan fingerprint density at radius 3 is 2.73 bits per heavy atom. The molecule has 30 heavy (non-hydrogen) atoms. The molecule has 0 saturated carbocycles. The van der Waals surface area contributed by atoms with E-state index >= 15 is 0 Å². The lowest BCUT2D eigenvalue weighted by molar-refractivity contribution is -0.137. The van der Waals surface area contributed by atoms with Gasteiger partial charge in [0.25, 0.3) is 0 Å². The van der Waals surface area contributed by atoms with Crippen LogP contribution in [-0.4, -0.2) is 38.4 Å². The van der Waals surface area contributed by atoms with Crippen LogP contribution in [0.5, 0.6) is 0 Å². The Balaban J connectivity index is 1.97. The SMILES string of the molecule is CCOC(=O)/C=C1/C=C2/CN(S(=O)(=O)c3ccccc3C)CC2/C=C\CCC1CC. The predicted octanol–water partition coefficient (Wildman–Crippen LogP) is 4.41. The second-order valence-corrected chi connectivity index (χ2v) is 9.80. The van der Waals surface area contributed by atoms with Crippen LogP contribution >= 0.6 is 0 Å². The van der Waals surface area contributed by atoms with E-state index in [0.29, 0.717) is 24.6 Å². The number of ether oxygens (including phenoxy) is 1. The van der Waals surface area contributed by atoms with Gasteiger partial charge in [-0.15, -0.1) is 0 Å². The van der Waals surface area contributed by atoms with Gasteiger partial charge in [-0.2, -0.15) is 4.31 Å². The monoisotopic (exact) mass is 429 g/mol. The lowest BCUT2D eigenvalue weighted by Gasteiger charge is -2.18.